The van der Waals surface area contributed by atoms with E-state index in [1.807, 2.05) is 19.1 Å². The lowest BCUT2D eigenvalue weighted by Crippen LogP contribution is -2.52. The first-order valence-electron chi connectivity index (χ1n) is 10.0. The fourth-order valence-electron chi connectivity index (χ4n) is 3.89. The van der Waals surface area contributed by atoms with Gasteiger partial charge < -0.3 is 9.84 Å². The van der Waals surface area contributed by atoms with E-state index in [-0.39, 0.29) is 6.61 Å². The van der Waals surface area contributed by atoms with Crippen LogP contribution < -0.4 is 4.74 Å². The minimum Gasteiger partial charge on any atom is -0.494 e. The lowest BCUT2D eigenvalue weighted by Gasteiger charge is -2.41. The van der Waals surface area contributed by atoms with Crippen molar-refractivity contribution in [3.63, 3.8) is 0 Å². The van der Waals surface area contributed by atoms with E-state index in [0.29, 0.717) is 12.6 Å². The molecule has 4 heteroatoms. The van der Waals surface area contributed by atoms with Crippen LogP contribution in [0.3, 0.4) is 0 Å². The van der Waals surface area contributed by atoms with E-state index in [2.05, 4.69) is 53.1 Å². The molecule has 146 valence electrons. The van der Waals surface area contributed by atoms with Crippen LogP contribution in [0.25, 0.3) is 0 Å². The van der Waals surface area contributed by atoms with Gasteiger partial charge in [-0.2, -0.15) is 0 Å². The van der Waals surface area contributed by atoms with Gasteiger partial charge in [0.2, 0.25) is 0 Å². The minimum absolute atomic E-state index is 0.239. The molecule has 1 N–H and O–H groups in total. The molecule has 1 aliphatic heterocycles. The molecular weight excluding hydrogens is 336 g/mol. The van der Waals surface area contributed by atoms with Gasteiger partial charge >= 0.3 is 0 Å². The fourth-order valence-corrected chi connectivity index (χ4v) is 3.89. The van der Waals surface area contributed by atoms with Gasteiger partial charge in [0.15, 0.2) is 0 Å². The van der Waals surface area contributed by atoms with Gasteiger partial charge in [0.1, 0.15) is 5.75 Å². The number of benzene rings is 2. The Morgan fingerprint density at radius 3 is 2.56 bits per heavy atom. The van der Waals surface area contributed by atoms with Crippen molar-refractivity contribution in [2.45, 2.75) is 39.4 Å². The summed E-state index contributed by atoms with van der Waals surface area (Å²) in [6.07, 6.45) is 0.821. The normalized spacial score (nSPS) is 18.6. The fraction of sp³-hybridized carbons (Fsp3) is 0.478. The van der Waals surface area contributed by atoms with E-state index in [1.165, 1.54) is 16.7 Å². The van der Waals surface area contributed by atoms with Crippen molar-refractivity contribution < 1.29 is 9.84 Å². The first kappa shape index (κ1) is 19.9. The summed E-state index contributed by atoms with van der Waals surface area (Å²) in [5.74, 6) is 0.927. The lowest BCUT2D eigenvalue weighted by molar-refractivity contribution is 0.0499. The molecule has 27 heavy (non-hydrogen) atoms. The van der Waals surface area contributed by atoms with Crippen molar-refractivity contribution >= 4 is 0 Å². The molecular formula is C23H32N2O2. The zero-order chi connectivity index (χ0) is 19.1. The maximum absolute atomic E-state index is 9.55. The molecule has 3 rings (SSSR count). The number of hydrogen-bond acceptors (Lipinski definition) is 4. The maximum Gasteiger partial charge on any atom is 0.119 e. The van der Waals surface area contributed by atoms with Crippen LogP contribution in [0.1, 0.15) is 30.0 Å². The summed E-state index contributed by atoms with van der Waals surface area (Å²) in [6, 6.07) is 17.6. The highest BCUT2D eigenvalue weighted by Gasteiger charge is 2.26. The number of piperazine rings is 1. The van der Waals surface area contributed by atoms with Crippen molar-refractivity contribution in [3.8, 4) is 5.75 Å². The average Bonchev–Trinajstić information content (AvgIpc) is 2.66. The van der Waals surface area contributed by atoms with E-state index in [9.17, 15) is 5.11 Å². The highest BCUT2D eigenvalue weighted by atomic mass is 16.5. The highest BCUT2D eigenvalue weighted by Crippen LogP contribution is 2.20. The first-order valence-corrected chi connectivity index (χ1v) is 10.0. The number of nitrogens with zero attached hydrogens (tertiary/aromatic N) is 2. The van der Waals surface area contributed by atoms with Crippen molar-refractivity contribution in [1.82, 2.24) is 9.80 Å². The molecule has 4 nitrogen and oxygen atoms in total. The topological polar surface area (TPSA) is 35.9 Å². The molecule has 1 atom stereocenters. The number of ether oxygens (including phenoxy) is 1. The zero-order valence-corrected chi connectivity index (χ0v) is 16.6. The van der Waals surface area contributed by atoms with Gasteiger partial charge in [-0.15, -0.1) is 0 Å². The van der Waals surface area contributed by atoms with Crippen LogP contribution in [0.4, 0.5) is 0 Å². The number of aliphatic hydroxyl groups is 1. The Hall–Kier alpha value is -1.88. The highest BCUT2D eigenvalue weighted by molar-refractivity contribution is 5.27. The predicted molar refractivity (Wildman–Crippen MR) is 110 cm³/mol. The van der Waals surface area contributed by atoms with E-state index in [1.54, 1.807) is 0 Å². The third-order valence-electron chi connectivity index (χ3n) is 5.26. The number of aliphatic hydroxyl groups excluding tert-OH is 1. The number of aryl methyl sites for hydroxylation is 1. The Balaban J connectivity index is 1.60. The van der Waals surface area contributed by atoms with Gasteiger partial charge in [0.25, 0.3) is 0 Å². The summed E-state index contributed by atoms with van der Waals surface area (Å²) in [5, 5.41) is 9.55. The van der Waals surface area contributed by atoms with Crippen molar-refractivity contribution in [1.29, 1.82) is 0 Å². The molecule has 2 aromatic rings. The summed E-state index contributed by atoms with van der Waals surface area (Å²) in [7, 11) is 0. The second kappa shape index (κ2) is 9.88. The molecule has 0 saturated carbocycles. The average molecular weight is 369 g/mol. The zero-order valence-electron chi connectivity index (χ0n) is 16.6. The molecule has 1 aliphatic rings. The monoisotopic (exact) mass is 368 g/mol. The third kappa shape index (κ3) is 5.80. The quantitative estimate of drug-likeness (QED) is 0.774. The van der Waals surface area contributed by atoms with Crippen LogP contribution in [-0.4, -0.2) is 53.8 Å². The van der Waals surface area contributed by atoms with Crippen LogP contribution in [0.15, 0.2) is 48.5 Å². The van der Waals surface area contributed by atoms with Gasteiger partial charge in [-0.05, 0) is 43.5 Å². The summed E-state index contributed by atoms with van der Waals surface area (Å²) < 4.78 is 5.54. The minimum atomic E-state index is 0.239. The lowest BCUT2D eigenvalue weighted by atomic mass is 10.1. The summed E-state index contributed by atoms with van der Waals surface area (Å²) in [4.78, 5) is 5.03. The Labute approximate surface area is 163 Å². The van der Waals surface area contributed by atoms with Gasteiger partial charge in [0.05, 0.1) is 6.61 Å². The largest absolute Gasteiger partial charge is 0.494 e. The second-order valence-electron chi connectivity index (χ2n) is 7.44. The Kier molecular flexibility index (Phi) is 7.27. The van der Waals surface area contributed by atoms with Crippen LogP contribution in [0, 0.1) is 6.92 Å². The molecule has 2 aromatic carbocycles. The van der Waals surface area contributed by atoms with Crippen LogP contribution >= 0.6 is 0 Å². The van der Waals surface area contributed by atoms with Gasteiger partial charge in [-0.3, -0.25) is 9.80 Å². The molecule has 0 spiro atoms. The number of hydrogen-bond donors (Lipinski definition) is 1. The molecule has 1 fully saturated rings. The predicted octanol–water partition coefficient (Wildman–Crippen LogP) is 3.46. The van der Waals surface area contributed by atoms with Crippen molar-refractivity contribution in [2.24, 2.45) is 0 Å². The standard InChI is InChI=1S/C23H32N2O2/c1-3-27-23-9-7-20(8-10-23)17-25-13-12-24(18-22(25)11-14-26)16-21-6-4-5-19(2)15-21/h4-10,15,22,26H,3,11-14,16-18H2,1-2H3. The van der Waals surface area contributed by atoms with Gasteiger partial charge in [0, 0.05) is 45.4 Å². The molecule has 1 heterocycles. The molecule has 0 aromatic heterocycles. The summed E-state index contributed by atoms with van der Waals surface area (Å²) >= 11 is 0. The van der Waals surface area contributed by atoms with Gasteiger partial charge in [-0.1, -0.05) is 42.0 Å². The maximum atomic E-state index is 9.55. The summed E-state index contributed by atoms with van der Waals surface area (Å²) in [5.41, 5.74) is 3.99. The molecule has 1 saturated heterocycles. The third-order valence-corrected chi connectivity index (χ3v) is 5.26. The van der Waals surface area contributed by atoms with Gasteiger partial charge in [-0.25, -0.2) is 0 Å². The molecule has 0 radical (unpaired) electrons. The van der Waals surface area contributed by atoms with E-state index in [4.69, 9.17) is 4.74 Å². The van der Waals surface area contributed by atoms with Crippen LogP contribution in [-0.2, 0) is 13.1 Å². The molecule has 1 unspecified atom stereocenters. The van der Waals surface area contributed by atoms with E-state index < -0.39 is 0 Å². The van der Waals surface area contributed by atoms with E-state index in [0.717, 1.165) is 44.9 Å². The smallest absolute Gasteiger partial charge is 0.119 e. The Bertz CT molecular complexity index is 702. The Morgan fingerprint density at radius 1 is 1.04 bits per heavy atom. The second-order valence-corrected chi connectivity index (χ2v) is 7.44. The van der Waals surface area contributed by atoms with Crippen molar-refractivity contribution in [2.75, 3.05) is 32.8 Å². The van der Waals surface area contributed by atoms with Crippen LogP contribution in [0.5, 0.6) is 5.75 Å². The molecule has 0 bridgehead atoms. The van der Waals surface area contributed by atoms with E-state index >= 15 is 0 Å². The first-order chi connectivity index (χ1) is 13.2. The molecule has 0 amide bonds. The Morgan fingerprint density at radius 2 is 1.85 bits per heavy atom. The number of rotatable bonds is 8. The summed E-state index contributed by atoms with van der Waals surface area (Å²) in [6.45, 7) is 10.1. The van der Waals surface area contributed by atoms with Crippen LogP contribution in [0.2, 0.25) is 0 Å². The SMILES string of the molecule is CCOc1ccc(CN2CCN(Cc3cccc(C)c3)CC2CCO)cc1. The molecule has 0 aliphatic carbocycles. The van der Waals surface area contributed by atoms with Crippen molar-refractivity contribution in [3.05, 3.63) is 65.2 Å².